The van der Waals surface area contributed by atoms with Crippen molar-refractivity contribution < 1.29 is 9.90 Å². The van der Waals surface area contributed by atoms with Crippen molar-refractivity contribution in [3.63, 3.8) is 0 Å². The summed E-state index contributed by atoms with van der Waals surface area (Å²) in [5.41, 5.74) is 0.514. The van der Waals surface area contributed by atoms with Gasteiger partial charge in [-0.2, -0.15) is 0 Å². The number of piperazine rings is 1. The number of nitrogens with zero attached hydrogens (tertiary/aromatic N) is 2. The van der Waals surface area contributed by atoms with E-state index in [9.17, 15) is 4.79 Å². The van der Waals surface area contributed by atoms with E-state index in [2.05, 4.69) is 25.3 Å². The Kier molecular flexibility index (Phi) is 8.67. The molecule has 0 unspecified atom stereocenters. The van der Waals surface area contributed by atoms with Crippen LogP contribution in [0.15, 0.2) is 12.2 Å². The van der Waals surface area contributed by atoms with Crippen molar-refractivity contribution >= 4 is 5.91 Å². The first-order chi connectivity index (χ1) is 8.56. The number of aliphatic hydroxyl groups is 1. The molecular weight excluding hydrogens is 228 g/mol. The highest BCUT2D eigenvalue weighted by molar-refractivity contribution is 5.92. The van der Waals surface area contributed by atoms with Gasteiger partial charge in [0.2, 0.25) is 5.91 Å². The minimum absolute atomic E-state index is 0.00236. The fraction of sp³-hybridized carbons (Fsp3) is 0.786. The Bertz CT molecular complexity index is 257. The molecule has 1 aliphatic rings. The van der Waals surface area contributed by atoms with Crippen LogP contribution in [-0.4, -0.2) is 59.6 Å². The maximum Gasteiger partial charge on any atom is 0.249 e. The molecule has 0 aliphatic carbocycles. The molecule has 0 radical (unpaired) electrons. The molecule has 1 rings (SSSR count). The first-order valence-electron chi connectivity index (χ1n) is 6.88. The first kappa shape index (κ1) is 17.1. The maximum atomic E-state index is 11.9. The van der Waals surface area contributed by atoms with E-state index in [1.54, 1.807) is 0 Å². The van der Waals surface area contributed by atoms with Gasteiger partial charge < -0.3 is 10.0 Å². The zero-order chi connectivity index (χ0) is 14.1. The summed E-state index contributed by atoms with van der Waals surface area (Å²) >= 11 is 0. The van der Waals surface area contributed by atoms with Crippen LogP contribution in [0, 0.1) is 0 Å². The predicted octanol–water partition coefficient (Wildman–Crippen LogP) is 1.50. The number of carbonyl (C=O) groups is 1. The van der Waals surface area contributed by atoms with Crippen LogP contribution >= 0.6 is 0 Å². The molecule has 1 heterocycles. The fourth-order valence-electron chi connectivity index (χ4n) is 1.91. The van der Waals surface area contributed by atoms with Crippen molar-refractivity contribution in [3.8, 4) is 0 Å². The molecule has 1 saturated heterocycles. The summed E-state index contributed by atoms with van der Waals surface area (Å²) in [4.78, 5) is 16.1. The monoisotopic (exact) mass is 256 g/mol. The van der Waals surface area contributed by atoms with E-state index in [0.717, 1.165) is 26.2 Å². The SMILES string of the molecule is C=C(CCO)C(=O)N1CCN(C(C)C)CC1.CC. The van der Waals surface area contributed by atoms with Gasteiger partial charge >= 0.3 is 0 Å². The van der Waals surface area contributed by atoms with Crippen LogP contribution in [0.25, 0.3) is 0 Å². The molecule has 1 aliphatic heterocycles. The van der Waals surface area contributed by atoms with Crippen molar-refractivity contribution in [2.75, 3.05) is 32.8 Å². The molecule has 106 valence electrons. The number of hydrogen-bond donors (Lipinski definition) is 1. The lowest BCUT2D eigenvalue weighted by Crippen LogP contribution is -2.51. The Hall–Kier alpha value is -0.870. The molecule has 4 heteroatoms. The Morgan fingerprint density at radius 2 is 1.72 bits per heavy atom. The third kappa shape index (κ3) is 5.19. The predicted molar refractivity (Wildman–Crippen MR) is 75.5 cm³/mol. The van der Waals surface area contributed by atoms with Gasteiger partial charge in [-0.15, -0.1) is 0 Å². The van der Waals surface area contributed by atoms with Crippen LogP contribution in [0.3, 0.4) is 0 Å². The van der Waals surface area contributed by atoms with Gasteiger partial charge in [-0.3, -0.25) is 9.69 Å². The molecule has 0 bridgehead atoms. The number of aliphatic hydroxyl groups excluding tert-OH is 1. The highest BCUT2D eigenvalue weighted by Gasteiger charge is 2.23. The van der Waals surface area contributed by atoms with Gasteiger partial charge in [0.15, 0.2) is 0 Å². The number of carbonyl (C=O) groups excluding carboxylic acids is 1. The van der Waals surface area contributed by atoms with Crippen molar-refractivity contribution in [1.29, 1.82) is 0 Å². The summed E-state index contributed by atoms with van der Waals surface area (Å²) in [6.07, 6.45) is 0.378. The smallest absolute Gasteiger partial charge is 0.249 e. The molecule has 0 atom stereocenters. The van der Waals surface area contributed by atoms with Crippen LogP contribution in [0.4, 0.5) is 0 Å². The minimum Gasteiger partial charge on any atom is -0.396 e. The summed E-state index contributed by atoms with van der Waals surface area (Å²) in [7, 11) is 0. The van der Waals surface area contributed by atoms with Gasteiger partial charge in [-0.05, 0) is 13.8 Å². The molecule has 1 amide bonds. The van der Waals surface area contributed by atoms with Crippen LogP contribution in [-0.2, 0) is 4.79 Å². The van der Waals surface area contributed by atoms with Crippen molar-refractivity contribution in [2.24, 2.45) is 0 Å². The van der Waals surface area contributed by atoms with E-state index < -0.39 is 0 Å². The van der Waals surface area contributed by atoms with E-state index in [0.29, 0.717) is 18.0 Å². The Morgan fingerprint density at radius 3 is 2.11 bits per heavy atom. The molecule has 0 aromatic carbocycles. The lowest BCUT2D eigenvalue weighted by molar-refractivity contribution is -0.129. The quantitative estimate of drug-likeness (QED) is 0.775. The highest BCUT2D eigenvalue weighted by Crippen LogP contribution is 2.10. The fourth-order valence-corrected chi connectivity index (χ4v) is 1.91. The van der Waals surface area contributed by atoms with Crippen LogP contribution < -0.4 is 0 Å². The highest BCUT2D eigenvalue weighted by atomic mass is 16.3. The molecule has 1 N–H and O–H groups in total. The summed E-state index contributed by atoms with van der Waals surface area (Å²) in [5.74, 6) is -0.00236. The molecule has 0 spiro atoms. The summed E-state index contributed by atoms with van der Waals surface area (Å²) in [6, 6.07) is 0.540. The Morgan fingerprint density at radius 1 is 1.22 bits per heavy atom. The lowest BCUT2D eigenvalue weighted by Gasteiger charge is -2.37. The lowest BCUT2D eigenvalue weighted by atomic mass is 10.1. The van der Waals surface area contributed by atoms with Crippen molar-refractivity contribution in [1.82, 2.24) is 9.80 Å². The third-order valence-electron chi connectivity index (χ3n) is 3.05. The van der Waals surface area contributed by atoms with E-state index in [-0.39, 0.29) is 12.5 Å². The molecule has 4 nitrogen and oxygen atoms in total. The van der Waals surface area contributed by atoms with E-state index in [1.165, 1.54) is 0 Å². The molecule has 0 aromatic heterocycles. The summed E-state index contributed by atoms with van der Waals surface area (Å²) in [6.45, 7) is 15.4. The van der Waals surface area contributed by atoms with Gasteiger partial charge in [0.25, 0.3) is 0 Å². The minimum atomic E-state index is -0.00344. The normalized spacial score (nSPS) is 16.2. The van der Waals surface area contributed by atoms with Gasteiger partial charge in [0, 0.05) is 50.8 Å². The molecule has 18 heavy (non-hydrogen) atoms. The average Bonchev–Trinajstić information content (AvgIpc) is 2.40. The molecule has 0 saturated carbocycles. The van der Waals surface area contributed by atoms with E-state index in [4.69, 9.17) is 5.11 Å². The number of rotatable bonds is 4. The Labute approximate surface area is 111 Å². The zero-order valence-electron chi connectivity index (χ0n) is 12.3. The molecule has 0 aromatic rings. The van der Waals surface area contributed by atoms with Crippen LogP contribution in [0.2, 0.25) is 0 Å². The largest absolute Gasteiger partial charge is 0.396 e. The van der Waals surface area contributed by atoms with Crippen LogP contribution in [0.1, 0.15) is 34.1 Å². The second kappa shape index (κ2) is 9.11. The number of hydrogen-bond acceptors (Lipinski definition) is 3. The summed E-state index contributed by atoms with van der Waals surface area (Å²) < 4.78 is 0. The van der Waals surface area contributed by atoms with Gasteiger partial charge in [-0.25, -0.2) is 0 Å². The standard InChI is InChI=1S/C12H22N2O2.C2H6/c1-10(2)13-5-7-14(8-6-13)12(16)11(3)4-9-15;1-2/h10,15H,3-9H2,1-2H3;1-2H3. The van der Waals surface area contributed by atoms with Crippen LogP contribution in [0.5, 0.6) is 0 Å². The zero-order valence-corrected chi connectivity index (χ0v) is 12.3. The summed E-state index contributed by atoms with van der Waals surface area (Å²) in [5, 5.41) is 8.76. The molecular formula is C14H28N2O2. The second-order valence-corrected chi connectivity index (χ2v) is 4.50. The van der Waals surface area contributed by atoms with Gasteiger partial charge in [-0.1, -0.05) is 20.4 Å². The average molecular weight is 256 g/mol. The van der Waals surface area contributed by atoms with E-state index in [1.807, 2.05) is 18.7 Å². The Balaban J connectivity index is 0.00000137. The van der Waals surface area contributed by atoms with E-state index >= 15 is 0 Å². The second-order valence-electron chi connectivity index (χ2n) is 4.50. The van der Waals surface area contributed by atoms with Crippen molar-refractivity contribution in [3.05, 3.63) is 12.2 Å². The first-order valence-corrected chi connectivity index (χ1v) is 6.88. The third-order valence-corrected chi connectivity index (χ3v) is 3.05. The van der Waals surface area contributed by atoms with Gasteiger partial charge in [0.05, 0.1) is 0 Å². The topological polar surface area (TPSA) is 43.8 Å². The maximum absolute atomic E-state index is 11.9. The number of amides is 1. The molecule has 1 fully saturated rings. The van der Waals surface area contributed by atoms with Crippen molar-refractivity contribution in [2.45, 2.75) is 40.2 Å². The van der Waals surface area contributed by atoms with Gasteiger partial charge in [0.1, 0.15) is 0 Å².